The molecule has 0 unspecified atom stereocenters. The molecule has 13 heteroatoms. The van der Waals surface area contributed by atoms with Crippen LogP contribution in [0.25, 0.3) is 6.08 Å². The SMILES string of the molecule is CCOc1cc(/C=C2/SC(=O)N(CC(=O)Nc3ccc(Cl)c(C(=O)OC)c3)C2=O)ccc1OCC(=O)Nc1ccccc1C(C)C. The number of halogens is 1. The standard InChI is InChI=1S/C33H32ClN3O8S/c1-5-44-27-14-20(10-13-26(27)45-18-30(39)36-25-9-7-6-8-22(25)19(2)3)15-28-31(40)37(33(42)46-28)17-29(38)35-21-11-12-24(34)23(16-21)32(41)43-4/h6-16,19H,5,17-18H2,1-4H3,(H,35,38)(H,36,39)/b28-15+. The Labute approximate surface area is 275 Å². The summed E-state index contributed by atoms with van der Waals surface area (Å²) in [6.45, 7) is 5.39. The number of thioether (sulfide) groups is 1. The van der Waals surface area contributed by atoms with E-state index >= 15 is 0 Å². The molecule has 3 aromatic rings. The average molecular weight is 666 g/mol. The van der Waals surface area contributed by atoms with Crippen LogP contribution in [-0.4, -0.2) is 60.7 Å². The number of benzene rings is 3. The Balaban J connectivity index is 1.41. The number of para-hydroxylation sites is 1. The Kier molecular flexibility index (Phi) is 11.4. The number of esters is 1. The van der Waals surface area contributed by atoms with Crippen LogP contribution in [0.15, 0.2) is 65.6 Å². The Bertz CT molecular complexity index is 1710. The van der Waals surface area contributed by atoms with E-state index in [2.05, 4.69) is 15.4 Å². The topological polar surface area (TPSA) is 140 Å². The number of amides is 4. The zero-order chi connectivity index (χ0) is 33.4. The van der Waals surface area contributed by atoms with Crippen molar-refractivity contribution in [2.75, 3.05) is 37.5 Å². The van der Waals surface area contributed by atoms with Crippen molar-refractivity contribution < 1.29 is 38.2 Å². The molecule has 0 radical (unpaired) electrons. The number of imide groups is 1. The van der Waals surface area contributed by atoms with Gasteiger partial charge in [0.2, 0.25) is 5.91 Å². The second-order valence-electron chi connectivity index (χ2n) is 10.2. The van der Waals surface area contributed by atoms with E-state index < -0.39 is 29.6 Å². The normalized spacial score (nSPS) is 13.6. The van der Waals surface area contributed by atoms with Crippen LogP contribution < -0.4 is 20.1 Å². The highest BCUT2D eigenvalue weighted by Crippen LogP contribution is 2.35. The molecule has 0 atom stereocenters. The van der Waals surface area contributed by atoms with Gasteiger partial charge in [0.05, 0.1) is 29.2 Å². The van der Waals surface area contributed by atoms with Gasteiger partial charge in [0.25, 0.3) is 17.1 Å². The van der Waals surface area contributed by atoms with Gasteiger partial charge in [-0.1, -0.05) is 49.7 Å². The minimum atomic E-state index is -0.682. The highest BCUT2D eigenvalue weighted by Gasteiger charge is 2.36. The molecule has 46 heavy (non-hydrogen) atoms. The number of ether oxygens (including phenoxy) is 3. The lowest BCUT2D eigenvalue weighted by Crippen LogP contribution is -2.36. The van der Waals surface area contributed by atoms with E-state index in [1.807, 2.05) is 38.1 Å². The predicted octanol–water partition coefficient (Wildman–Crippen LogP) is 6.34. The first-order chi connectivity index (χ1) is 22.0. The second kappa shape index (κ2) is 15.5. The van der Waals surface area contributed by atoms with Gasteiger partial charge in [-0.2, -0.15) is 0 Å². The van der Waals surface area contributed by atoms with E-state index in [0.29, 0.717) is 35.4 Å². The number of methoxy groups -OCH3 is 1. The molecule has 0 aliphatic carbocycles. The maximum atomic E-state index is 13.1. The van der Waals surface area contributed by atoms with Crippen molar-refractivity contribution in [3.8, 4) is 11.5 Å². The van der Waals surface area contributed by atoms with Crippen molar-refractivity contribution >= 4 is 69.7 Å². The highest BCUT2D eigenvalue weighted by molar-refractivity contribution is 8.18. The van der Waals surface area contributed by atoms with Crippen molar-refractivity contribution in [3.63, 3.8) is 0 Å². The number of nitrogens with one attached hydrogen (secondary N) is 2. The first kappa shape index (κ1) is 34.1. The lowest BCUT2D eigenvalue weighted by Gasteiger charge is -2.15. The average Bonchev–Trinajstić information content (AvgIpc) is 3.28. The van der Waals surface area contributed by atoms with Gasteiger partial charge in [-0.15, -0.1) is 0 Å². The molecule has 1 aliphatic rings. The molecule has 1 fully saturated rings. The lowest BCUT2D eigenvalue weighted by atomic mass is 10.0. The molecule has 0 aromatic heterocycles. The molecular weight excluding hydrogens is 634 g/mol. The van der Waals surface area contributed by atoms with E-state index in [-0.39, 0.29) is 39.6 Å². The van der Waals surface area contributed by atoms with E-state index in [9.17, 15) is 24.0 Å². The molecule has 0 saturated carbocycles. The molecule has 4 amide bonds. The third kappa shape index (κ3) is 8.46. The van der Waals surface area contributed by atoms with Crippen molar-refractivity contribution in [1.29, 1.82) is 0 Å². The molecule has 1 aliphatic heterocycles. The number of hydrogen-bond acceptors (Lipinski definition) is 9. The quantitative estimate of drug-likeness (QED) is 0.167. The number of hydrogen-bond donors (Lipinski definition) is 2. The van der Waals surface area contributed by atoms with Crippen LogP contribution in [0.1, 0.15) is 48.2 Å². The van der Waals surface area contributed by atoms with Gasteiger partial charge in [0, 0.05) is 11.4 Å². The van der Waals surface area contributed by atoms with Crippen molar-refractivity contribution in [2.24, 2.45) is 0 Å². The third-order valence-electron chi connectivity index (χ3n) is 6.61. The van der Waals surface area contributed by atoms with Gasteiger partial charge in [-0.3, -0.25) is 24.1 Å². The van der Waals surface area contributed by atoms with Crippen LogP contribution in [0.4, 0.5) is 16.2 Å². The van der Waals surface area contributed by atoms with Gasteiger partial charge in [0.15, 0.2) is 18.1 Å². The highest BCUT2D eigenvalue weighted by atomic mass is 35.5. The van der Waals surface area contributed by atoms with Crippen LogP contribution in [0, 0.1) is 0 Å². The summed E-state index contributed by atoms with van der Waals surface area (Å²) < 4.78 is 16.2. The fraction of sp³-hybridized carbons (Fsp3) is 0.242. The first-order valence-electron chi connectivity index (χ1n) is 14.2. The maximum Gasteiger partial charge on any atom is 0.339 e. The van der Waals surface area contributed by atoms with Crippen molar-refractivity contribution in [1.82, 2.24) is 4.90 Å². The monoisotopic (exact) mass is 665 g/mol. The van der Waals surface area contributed by atoms with Crippen molar-refractivity contribution in [3.05, 3.63) is 87.3 Å². The van der Waals surface area contributed by atoms with Crippen LogP contribution in [0.3, 0.4) is 0 Å². The summed E-state index contributed by atoms with van der Waals surface area (Å²) in [4.78, 5) is 63.9. The zero-order valence-electron chi connectivity index (χ0n) is 25.5. The van der Waals surface area contributed by atoms with Crippen LogP contribution in [-0.2, 0) is 19.1 Å². The van der Waals surface area contributed by atoms with Gasteiger partial charge in [0.1, 0.15) is 6.54 Å². The van der Waals surface area contributed by atoms with Gasteiger partial charge in [-0.05, 0) is 78.2 Å². The largest absolute Gasteiger partial charge is 0.490 e. The summed E-state index contributed by atoms with van der Waals surface area (Å²) in [5.74, 6) is -1.42. The summed E-state index contributed by atoms with van der Waals surface area (Å²) >= 11 is 6.71. The lowest BCUT2D eigenvalue weighted by molar-refractivity contribution is -0.127. The molecule has 1 saturated heterocycles. The molecule has 3 aromatic carbocycles. The molecule has 11 nitrogen and oxygen atoms in total. The minimum absolute atomic E-state index is 0.0505. The molecule has 240 valence electrons. The van der Waals surface area contributed by atoms with E-state index in [0.717, 1.165) is 16.2 Å². The summed E-state index contributed by atoms with van der Waals surface area (Å²) in [6.07, 6.45) is 1.51. The smallest absolute Gasteiger partial charge is 0.339 e. The number of rotatable bonds is 12. The van der Waals surface area contributed by atoms with Gasteiger partial charge >= 0.3 is 5.97 Å². The fourth-order valence-electron chi connectivity index (χ4n) is 4.45. The summed E-state index contributed by atoms with van der Waals surface area (Å²) in [7, 11) is 1.20. The Morgan fingerprint density at radius 3 is 2.43 bits per heavy atom. The molecule has 0 bridgehead atoms. The Hall–Kier alpha value is -4.81. The third-order valence-corrected chi connectivity index (χ3v) is 7.85. The van der Waals surface area contributed by atoms with Crippen LogP contribution in [0.2, 0.25) is 5.02 Å². The van der Waals surface area contributed by atoms with Gasteiger partial charge in [-0.25, -0.2) is 4.79 Å². The molecular formula is C33H32ClN3O8S. The summed E-state index contributed by atoms with van der Waals surface area (Å²) in [6, 6.07) is 16.7. The number of carbonyl (C=O) groups excluding carboxylic acids is 5. The number of nitrogens with zero attached hydrogens (tertiary/aromatic N) is 1. The predicted molar refractivity (Wildman–Crippen MR) is 176 cm³/mol. The van der Waals surface area contributed by atoms with Crippen LogP contribution in [0.5, 0.6) is 11.5 Å². The Morgan fingerprint density at radius 2 is 1.72 bits per heavy atom. The van der Waals surface area contributed by atoms with E-state index in [1.165, 1.54) is 31.4 Å². The number of anilines is 2. The molecule has 4 rings (SSSR count). The van der Waals surface area contributed by atoms with Crippen LogP contribution >= 0.6 is 23.4 Å². The zero-order valence-corrected chi connectivity index (χ0v) is 27.1. The summed E-state index contributed by atoms with van der Waals surface area (Å²) in [5, 5.41) is 4.95. The fourth-order valence-corrected chi connectivity index (χ4v) is 5.48. The number of carbonyl (C=O) groups is 5. The van der Waals surface area contributed by atoms with Crippen molar-refractivity contribution in [2.45, 2.75) is 26.7 Å². The molecule has 2 N–H and O–H groups in total. The molecule has 1 heterocycles. The van der Waals surface area contributed by atoms with E-state index in [4.69, 9.17) is 21.1 Å². The first-order valence-corrected chi connectivity index (χ1v) is 15.4. The molecule has 0 spiro atoms. The second-order valence-corrected chi connectivity index (χ2v) is 11.6. The summed E-state index contributed by atoms with van der Waals surface area (Å²) in [5.41, 5.74) is 2.56. The van der Waals surface area contributed by atoms with Gasteiger partial charge < -0.3 is 24.8 Å². The minimum Gasteiger partial charge on any atom is -0.490 e. The maximum absolute atomic E-state index is 13.1. The van der Waals surface area contributed by atoms with E-state index in [1.54, 1.807) is 25.1 Å². The Morgan fingerprint density at radius 1 is 0.957 bits per heavy atom.